The Morgan fingerprint density at radius 1 is 0.975 bits per heavy atom. The van der Waals surface area contributed by atoms with Gasteiger partial charge in [0, 0.05) is 54.9 Å². The van der Waals surface area contributed by atoms with Gasteiger partial charge in [-0.2, -0.15) is 0 Å². The van der Waals surface area contributed by atoms with Gasteiger partial charge in [0.05, 0.1) is 25.3 Å². The molecule has 1 N–H and O–H groups in total. The Labute approximate surface area is 231 Å². The van der Waals surface area contributed by atoms with Crippen LogP contribution in [0.3, 0.4) is 0 Å². The van der Waals surface area contributed by atoms with Gasteiger partial charge in [-0.25, -0.2) is 9.37 Å². The molecule has 4 heterocycles. The first-order valence-corrected chi connectivity index (χ1v) is 13.3. The van der Waals surface area contributed by atoms with Gasteiger partial charge in [-0.05, 0) is 53.9 Å². The van der Waals surface area contributed by atoms with Crippen molar-refractivity contribution in [2.24, 2.45) is 0 Å². The summed E-state index contributed by atoms with van der Waals surface area (Å²) in [4.78, 5) is 29.7. The minimum absolute atomic E-state index is 0.171. The topological polar surface area (TPSA) is 83.6 Å². The molecule has 1 aliphatic rings. The lowest BCUT2D eigenvalue weighted by molar-refractivity contribution is 0.0741. The zero-order valence-corrected chi connectivity index (χ0v) is 22.7. The molecular weight excluding hydrogens is 509 g/mol. The first kappa shape index (κ1) is 25.6. The summed E-state index contributed by atoms with van der Waals surface area (Å²) in [7, 11) is 3.25. The van der Waals surface area contributed by atoms with Crippen LogP contribution in [0.15, 0.2) is 60.9 Å². The molecule has 1 amide bonds. The molecule has 2 aromatic carbocycles. The second-order valence-corrected chi connectivity index (χ2v) is 9.75. The van der Waals surface area contributed by atoms with Crippen molar-refractivity contribution in [2.45, 2.75) is 13.3 Å². The fraction of sp³-hybridized carbons (Fsp3) is 0.258. The van der Waals surface area contributed by atoms with Crippen LogP contribution in [0.4, 0.5) is 10.2 Å². The zero-order chi connectivity index (χ0) is 27.8. The van der Waals surface area contributed by atoms with Crippen molar-refractivity contribution in [3.05, 3.63) is 78.0 Å². The van der Waals surface area contributed by atoms with E-state index in [-0.39, 0.29) is 11.7 Å². The third-order valence-electron chi connectivity index (χ3n) is 7.60. The Bertz CT molecular complexity index is 1730. The predicted octanol–water partition coefficient (Wildman–Crippen LogP) is 5.46. The van der Waals surface area contributed by atoms with E-state index in [0.29, 0.717) is 66.3 Å². The average Bonchev–Trinajstić information content (AvgIpc) is 3.47. The van der Waals surface area contributed by atoms with Crippen LogP contribution in [-0.4, -0.2) is 66.2 Å². The number of aromatic nitrogens is 3. The van der Waals surface area contributed by atoms with Crippen molar-refractivity contribution in [1.82, 2.24) is 19.9 Å². The predicted molar refractivity (Wildman–Crippen MR) is 154 cm³/mol. The van der Waals surface area contributed by atoms with Crippen LogP contribution in [0, 0.1) is 5.82 Å². The number of hydrogen-bond donors (Lipinski definition) is 1. The minimum atomic E-state index is -0.347. The van der Waals surface area contributed by atoms with E-state index in [1.165, 1.54) is 0 Å². The molecule has 0 bridgehead atoms. The van der Waals surface area contributed by atoms with E-state index in [0.717, 1.165) is 27.8 Å². The van der Waals surface area contributed by atoms with Gasteiger partial charge in [0.2, 0.25) is 0 Å². The summed E-state index contributed by atoms with van der Waals surface area (Å²) in [5.41, 5.74) is 3.54. The van der Waals surface area contributed by atoms with E-state index in [2.05, 4.69) is 19.9 Å². The highest BCUT2D eigenvalue weighted by atomic mass is 19.1. The largest absolute Gasteiger partial charge is 0.495 e. The van der Waals surface area contributed by atoms with E-state index in [9.17, 15) is 4.79 Å². The van der Waals surface area contributed by atoms with Crippen LogP contribution in [0.1, 0.15) is 23.0 Å². The number of hydrogen-bond acceptors (Lipinski definition) is 6. The molecule has 1 saturated heterocycles. The number of ether oxygens (including phenoxy) is 2. The summed E-state index contributed by atoms with van der Waals surface area (Å²) < 4.78 is 26.9. The number of amides is 1. The highest BCUT2D eigenvalue weighted by molar-refractivity contribution is 6.05. The summed E-state index contributed by atoms with van der Waals surface area (Å²) in [5, 5.41) is 1.48. The van der Waals surface area contributed by atoms with Crippen molar-refractivity contribution in [1.29, 1.82) is 0 Å². The number of anilines is 1. The molecule has 8 nitrogen and oxygen atoms in total. The van der Waals surface area contributed by atoms with Crippen LogP contribution in [0.2, 0.25) is 0 Å². The molecule has 204 valence electrons. The molecule has 0 spiro atoms. The summed E-state index contributed by atoms with van der Waals surface area (Å²) >= 11 is 0. The molecule has 9 heteroatoms. The standard InChI is InChI=1S/C31H30FN5O3/c1-4-19-16-21(23-18-34-24-9-6-5-8-20(24)29(23)40-3)22-17-25(35-28(22)27(19)32)31(38)37-14-12-36(13-15-37)30-26(39-2)10-7-11-33-30/h5-11,16-18,35H,4,12-15H2,1-3H3. The third kappa shape index (κ3) is 4.27. The van der Waals surface area contributed by atoms with E-state index < -0.39 is 0 Å². The molecular formula is C31H30FN5O3. The van der Waals surface area contributed by atoms with Gasteiger partial charge in [-0.15, -0.1) is 0 Å². The summed E-state index contributed by atoms with van der Waals surface area (Å²) in [5.74, 6) is 1.61. The van der Waals surface area contributed by atoms with Gasteiger partial charge in [-0.1, -0.05) is 19.1 Å². The van der Waals surface area contributed by atoms with Crippen molar-refractivity contribution in [3.8, 4) is 22.6 Å². The maximum absolute atomic E-state index is 15.6. The van der Waals surface area contributed by atoms with E-state index in [1.54, 1.807) is 37.6 Å². The Hall–Kier alpha value is -4.66. The van der Waals surface area contributed by atoms with Crippen LogP contribution in [0.25, 0.3) is 32.9 Å². The highest BCUT2D eigenvalue weighted by Crippen LogP contribution is 2.41. The lowest BCUT2D eigenvalue weighted by Crippen LogP contribution is -2.49. The fourth-order valence-electron chi connectivity index (χ4n) is 5.51. The highest BCUT2D eigenvalue weighted by Gasteiger charge is 2.27. The zero-order valence-electron chi connectivity index (χ0n) is 22.7. The number of nitrogens with one attached hydrogen (secondary N) is 1. The van der Waals surface area contributed by atoms with Crippen LogP contribution in [0.5, 0.6) is 11.5 Å². The molecule has 0 aliphatic carbocycles. The molecule has 0 unspecified atom stereocenters. The molecule has 0 radical (unpaired) electrons. The first-order chi connectivity index (χ1) is 19.5. The van der Waals surface area contributed by atoms with Gasteiger partial charge in [0.1, 0.15) is 17.3 Å². The molecule has 5 aromatic rings. The lowest BCUT2D eigenvalue weighted by Gasteiger charge is -2.35. The number of rotatable bonds is 6. The van der Waals surface area contributed by atoms with Crippen molar-refractivity contribution >= 4 is 33.5 Å². The quantitative estimate of drug-likeness (QED) is 0.309. The number of aryl methyl sites for hydroxylation is 1. The van der Waals surface area contributed by atoms with Gasteiger partial charge >= 0.3 is 0 Å². The number of piperazine rings is 1. The van der Waals surface area contributed by atoms with Crippen LogP contribution >= 0.6 is 0 Å². The Morgan fingerprint density at radius 2 is 1.77 bits per heavy atom. The third-order valence-corrected chi connectivity index (χ3v) is 7.60. The SMILES string of the molecule is CCc1cc(-c2cnc3ccccc3c2OC)c2cc(C(=O)N3CCN(c4ncccc4OC)CC3)[nH]c2c1F. The van der Waals surface area contributed by atoms with Gasteiger partial charge in [0.15, 0.2) is 11.6 Å². The van der Waals surface area contributed by atoms with Crippen molar-refractivity contribution in [2.75, 3.05) is 45.3 Å². The number of fused-ring (bicyclic) bond motifs is 2. The second kappa shape index (κ2) is 10.5. The first-order valence-electron chi connectivity index (χ1n) is 13.3. The number of pyridine rings is 2. The van der Waals surface area contributed by atoms with E-state index >= 15 is 4.39 Å². The van der Waals surface area contributed by atoms with Crippen molar-refractivity contribution < 1.29 is 18.7 Å². The molecule has 0 saturated carbocycles. The number of halogens is 1. The van der Waals surface area contributed by atoms with Gasteiger partial charge < -0.3 is 24.3 Å². The molecule has 1 aliphatic heterocycles. The average molecular weight is 540 g/mol. The second-order valence-electron chi connectivity index (χ2n) is 9.75. The van der Waals surface area contributed by atoms with E-state index in [1.807, 2.05) is 49.4 Å². The Morgan fingerprint density at radius 3 is 2.52 bits per heavy atom. The van der Waals surface area contributed by atoms with E-state index in [4.69, 9.17) is 9.47 Å². The number of nitrogens with zero attached hydrogens (tertiary/aromatic N) is 4. The number of para-hydroxylation sites is 1. The number of carbonyl (C=O) groups excluding carboxylic acids is 1. The summed E-state index contributed by atoms with van der Waals surface area (Å²) in [6.45, 7) is 4.14. The molecule has 1 fully saturated rings. The summed E-state index contributed by atoms with van der Waals surface area (Å²) in [6, 6.07) is 15.0. The maximum atomic E-state index is 15.6. The summed E-state index contributed by atoms with van der Waals surface area (Å²) in [6.07, 6.45) is 3.99. The smallest absolute Gasteiger partial charge is 0.270 e. The molecule has 40 heavy (non-hydrogen) atoms. The number of benzene rings is 2. The van der Waals surface area contributed by atoms with Crippen LogP contribution in [-0.2, 0) is 6.42 Å². The van der Waals surface area contributed by atoms with Crippen LogP contribution < -0.4 is 14.4 Å². The molecule has 6 rings (SSSR count). The number of carbonyl (C=O) groups is 1. The number of H-pyrrole nitrogens is 1. The number of aromatic amines is 1. The van der Waals surface area contributed by atoms with Gasteiger partial charge in [0.25, 0.3) is 5.91 Å². The monoisotopic (exact) mass is 539 g/mol. The lowest BCUT2D eigenvalue weighted by atomic mass is 9.96. The molecule has 0 atom stereocenters. The van der Waals surface area contributed by atoms with Gasteiger partial charge in [-0.3, -0.25) is 9.78 Å². The Kier molecular flexibility index (Phi) is 6.71. The Balaban J connectivity index is 1.36. The molecule has 3 aromatic heterocycles. The number of methoxy groups -OCH3 is 2. The maximum Gasteiger partial charge on any atom is 0.270 e. The van der Waals surface area contributed by atoms with Crippen molar-refractivity contribution in [3.63, 3.8) is 0 Å². The fourth-order valence-corrected chi connectivity index (χ4v) is 5.51. The minimum Gasteiger partial charge on any atom is -0.495 e. The normalized spacial score (nSPS) is 13.7.